The van der Waals surface area contributed by atoms with Gasteiger partial charge in [-0.25, -0.2) is 18.1 Å². The molecule has 0 radical (unpaired) electrons. The Morgan fingerprint density at radius 2 is 1.80 bits per heavy atom. The van der Waals surface area contributed by atoms with E-state index in [4.69, 9.17) is 0 Å². The molecule has 30 heavy (non-hydrogen) atoms. The third-order valence-corrected chi connectivity index (χ3v) is 4.78. The Kier molecular flexibility index (Phi) is 4.72. The molecule has 0 spiro atoms. The topological polar surface area (TPSA) is 94.4 Å². The van der Waals surface area contributed by atoms with E-state index in [1.54, 1.807) is 6.92 Å². The van der Waals surface area contributed by atoms with Gasteiger partial charge in [0.05, 0.1) is 5.69 Å². The van der Waals surface area contributed by atoms with Crippen molar-refractivity contribution in [3.63, 3.8) is 0 Å². The number of halogens is 3. The van der Waals surface area contributed by atoms with E-state index < -0.39 is 53.8 Å². The van der Waals surface area contributed by atoms with E-state index in [2.05, 4.69) is 15.7 Å². The Balaban J connectivity index is 1.49. The molecule has 4 rings (SSSR count). The Morgan fingerprint density at radius 3 is 2.50 bits per heavy atom. The molecular weight excluding hydrogens is 403 g/mol. The average Bonchev–Trinajstić information content (AvgIpc) is 3.21. The monoisotopic (exact) mass is 417 g/mol. The second-order valence-corrected chi connectivity index (χ2v) is 6.81. The number of imide groups is 1. The van der Waals surface area contributed by atoms with E-state index in [1.165, 1.54) is 12.1 Å². The summed E-state index contributed by atoms with van der Waals surface area (Å²) in [7, 11) is 0. The average molecular weight is 417 g/mol. The van der Waals surface area contributed by atoms with E-state index in [9.17, 15) is 27.6 Å². The lowest BCUT2D eigenvalue weighted by Gasteiger charge is -2.20. The molecule has 2 aliphatic heterocycles. The van der Waals surface area contributed by atoms with Crippen LogP contribution in [0.25, 0.3) is 0 Å². The molecule has 2 aliphatic rings. The zero-order valence-electron chi connectivity index (χ0n) is 15.5. The van der Waals surface area contributed by atoms with E-state index >= 15 is 0 Å². The van der Waals surface area contributed by atoms with Crippen LogP contribution < -0.4 is 10.2 Å². The van der Waals surface area contributed by atoms with Crippen molar-refractivity contribution in [2.24, 2.45) is 10.3 Å². The van der Waals surface area contributed by atoms with Gasteiger partial charge in [-0.1, -0.05) is 11.3 Å². The number of anilines is 2. The number of amides is 3. The Bertz CT molecular complexity index is 1110. The molecule has 8 nitrogen and oxygen atoms in total. The van der Waals surface area contributed by atoms with Gasteiger partial charge in [0.1, 0.15) is 12.4 Å². The predicted octanol–water partition coefficient (Wildman–Crippen LogP) is 2.34. The number of hydrogen-bond donors (Lipinski definition) is 1. The Morgan fingerprint density at radius 1 is 1.03 bits per heavy atom. The highest BCUT2D eigenvalue weighted by atomic mass is 19.2. The van der Waals surface area contributed by atoms with Gasteiger partial charge in [0.25, 0.3) is 11.8 Å². The molecule has 2 aromatic carbocycles. The van der Waals surface area contributed by atoms with E-state index in [0.29, 0.717) is 10.5 Å². The van der Waals surface area contributed by atoms with Crippen LogP contribution in [0.15, 0.2) is 46.7 Å². The summed E-state index contributed by atoms with van der Waals surface area (Å²) in [6.45, 7) is 1.15. The molecule has 3 amide bonds. The molecule has 2 aromatic rings. The zero-order valence-corrected chi connectivity index (χ0v) is 15.5. The summed E-state index contributed by atoms with van der Waals surface area (Å²) in [6.07, 6.45) is 0. The van der Waals surface area contributed by atoms with Gasteiger partial charge in [-0.3, -0.25) is 19.4 Å². The van der Waals surface area contributed by atoms with Gasteiger partial charge in [-0.2, -0.15) is 5.11 Å². The fraction of sp³-hybridized carbons (Fsp3) is 0.211. The number of fused-ring (bicyclic) bond motifs is 1. The molecule has 0 aliphatic carbocycles. The molecule has 2 atom stereocenters. The van der Waals surface area contributed by atoms with Crippen molar-refractivity contribution in [2.75, 3.05) is 16.8 Å². The maximum Gasteiger partial charge on any atom is 0.263 e. The third kappa shape index (κ3) is 3.27. The van der Waals surface area contributed by atoms with Gasteiger partial charge in [0, 0.05) is 11.8 Å². The lowest BCUT2D eigenvalue weighted by Crippen LogP contribution is -2.43. The largest absolute Gasteiger partial charge is 0.324 e. The van der Waals surface area contributed by atoms with Crippen LogP contribution in [0.5, 0.6) is 0 Å². The molecule has 0 bridgehead atoms. The first-order valence-electron chi connectivity index (χ1n) is 8.82. The number of carbonyl (C=O) groups excluding carboxylic acids is 3. The highest BCUT2D eigenvalue weighted by Gasteiger charge is 2.55. The number of hydrogen-bond acceptors (Lipinski definition) is 6. The van der Waals surface area contributed by atoms with Crippen LogP contribution in [-0.4, -0.2) is 41.4 Å². The summed E-state index contributed by atoms with van der Waals surface area (Å²) in [5.74, 6) is -4.97. The molecule has 154 valence electrons. The van der Waals surface area contributed by atoms with Crippen LogP contribution in [0, 0.1) is 24.4 Å². The number of carbonyl (C=O) groups is 3. The standard InChI is InChI=1S/C19H14F3N5O3/c1-9-2-3-10(6-13(9)21)23-15(28)8-26-17-16(24-25-26)18(29)27(19(17)30)11-4-5-12(20)14(22)7-11/h2-7,16-17H,8H2,1H3,(H,23,28). The maximum atomic E-state index is 13.6. The van der Waals surface area contributed by atoms with Gasteiger partial charge < -0.3 is 5.32 Å². The molecular formula is C19H14F3N5O3. The Hall–Kier alpha value is -3.76. The van der Waals surface area contributed by atoms with Crippen LogP contribution in [0.1, 0.15) is 5.56 Å². The minimum Gasteiger partial charge on any atom is -0.324 e. The molecule has 1 N–H and O–H groups in total. The number of nitrogens with one attached hydrogen (secondary N) is 1. The first kappa shape index (κ1) is 19.6. The van der Waals surface area contributed by atoms with Crippen LogP contribution in [0.3, 0.4) is 0 Å². The molecule has 0 aromatic heterocycles. The van der Waals surface area contributed by atoms with Crippen molar-refractivity contribution in [3.8, 4) is 0 Å². The van der Waals surface area contributed by atoms with Crippen LogP contribution in [-0.2, 0) is 14.4 Å². The van der Waals surface area contributed by atoms with E-state index in [-0.39, 0.29) is 11.4 Å². The van der Waals surface area contributed by atoms with E-state index in [1.807, 2.05) is 0 Å². The Labute approximate surface area is 167 Å². The summed E-state index contributed by atoms with van der Waals surface area (Å²) in [4.78, 5) is 38.3. The molecule has 1 saturated heterocycles. The minimum atomic E-state index is -1.21. The van der Waals surface area contributed by atoms with Crippen LogP contribution in [0.2, 0.25) is 0 Å². The number of rotatable bonds is 4. The lowest BCUT2D eigenvalue weighted by molar-refractivity contribution is -0.123. The van der Waals surface area contributed by atoms with Crippen molar-refractivity contribution in [2.45, 2.75) is 19.0 Å². The van der Waals surface area contributed by atoms with Crippen molar-refractivity contribution in [1.82, 2.24) is 5.01 Å². The summed E-state index contributed by atoms with van der Waals surface area (Å²) in [5, 5.41) is 11.0. The lowest BCUT2D eigenvalue weighted by atomic mass is 10.1. The van der Waals surface area contributed by atoms with Gasteiger partial charge in [0.15, 0.2) is 23.7 Å². The van der Waals surface area contributed by atoms with Gasteiger partial charge >= 0.3 is 0 Å². The predicted molar refractivity (Wildman–Crippen MR) is 97.8 cm³/mol. The fourth-order valence-corrected chi connectivity index (χ4v) is 3.25. The van der Waals surface area contributed by atoms with Crippen molar-refractivity contribution in [3.05, 3.63) is 59.4 Å². The van der Waals surface area contributed by atoms with Crippen molar-refractivity contribution in [1.29, 1.82) is 0 Å². The van der Waals surface area contributed by atoms with Crippen molar-refractivity contribution >= 4 is 29.1 Å². The third-order valence-electron chi connectivity index (χ3n) is 4.78. The van der Waals surface area contributed by atoms with Crippen LogP contribution >= 0.6 is 0 Å². The smallest absolute Gasteiger partial charge is 0.263 e. The highest BCUT2D eigenvalue weighted by Crippen LogP contribution is 2.32. The minimum absolute atomic E-state index is 0.145. The van der Waals surface area contributed by atoms with E-state index in [0.717, 1.165) is 29.3 Å². The summed E-state index contributed by atoms with van der Waals surface area (Å²) < 4.78 is 40.3. The SMILES string of the molecule is Cc1ccc(NC(=O)CN2N=NC3C(=O)N(c4ccc(F)c(F)c4)C(=O)C32)cc1F. The molecule has 1 fully saturated rings. The summed E-state index contributed by atoms with van der Waals surface area (Å²) >= 11 is 0. The molecule has 11 heteroatoms. The normalized spacial score (nSPS) is 20.1. The molecule has 2 unspecified atom stereocenters. The highest BCUT2D eigenvalue weighted by molar-refractivity contribution is 6.25. The number of nitrogens with zero attached hydrogens (tertiary/aromatic N) is 4. The second-order valence-electron chi connectivity index (χ2n) is 6.81. The fourth-order valence-electron chi connectivity index (χ4n) is 3.25. The van der Waals surface area contributed by atoms with Crippen molar-refractivity contribution < 1.29 is 27.6 Å². The van der Waals surface area contributed by atoms with Gasteiger partial charge in [-0.05, 0) is 36.8 Å². The number of aryl methyl sites for hydroxylation is 1. The number of benzene rings is 2. The summed E-state index contributed by atoms with van der Waals surface area (Å²) in [5.41, 5.74) is 0.484. The van der Waals surface area contributed by atoms with Crippen LogP contribution in [0.4, 0.5) is 24.5 Å². The summed E-state index contributed by atoms with van der Waals surface area (Å²) in [6, 6.07) is 4.39. The van der Waals surface area contributed by atoms with Gasteiger partial charge in [-0.15, -0.1) is 0 Å². The molecule has 2 heterocycles. The van der Waals surface area contributed by atoms with Gasteiger partial charge in [0.2, 0.25) is 5.91 Å². The zero-order chi connectivity index (χ0) is 21.6. The maximum absolute atomic E-state index is 13.6. The first-order valence-corrected chi connectivity index (χ1v) is 8.82. The molecule has 0 saturated carbocycles. The quantitative estimate of drug-likeness (QED) is 0.773. The first-order chi connectivity index (χ1) is 14.3. The second kappa shape index (κ2) is 7.25.